The predicted molar refractivity (Wildman–Crippen MR) is 95.5 cm³/mol. The SMILES string of the molecule is N#Cc1cccc([C@H]2CC[C@H](CC(=O)Nc3ccc(F)cc3)CC2)c1. The Balaban J connectivity index is 1.49. The fraction of sp³-hybridized carbons (Fsp3) is 0.333. The van der Waals surface area contributed by atoms with Crippen molar-refractivity contribution in [3.8, 4) is 6.07 Å². The molecule has 0 bridgehead atoms. The van der Waals surface area contributed by atoms with Crippen LogP contribution in [0.15, 0.2) is 48.5 Å². The van der Waals surface area contributed by atoms with Gasteiger partial charge in [-0.05, 0) is 79.5 Å². The molecule has 3 rings (SSSR count). The third-order valence-electron chi connectivity index (χ3n) is 4.94. The average molecular weight is 336 g/mol. The first-order valence-electron chi connectivity index (χ1n) is 8.69. The second-order valence-electron chi connectivity index (χ2n) is 6.71. The zero-order valence-corrected chi connectivity index (χ0v) is 14.0. The van der Waals surface area contributed by atoms with E-state index in [4.69, 9.17) is 5.26 Å². The molecule has 0 radical (unpaired) electrons. The van der Waals surface area contributed by atoms with Crippen LogP contribution >= 0.6 is 0 Å². The first-order chi connectivity index (χ1) is 12.1. The van der Waals surface area contributed by atoms with Crippen LogP contribution in [0.3, 0.4) is 0 Å². The molecule has 0 aromatic heterocycles. The molecule has 0 aliphatic heterocycles. The highest BCUT2D eigenvalue weighted by Gasteiger charge is 2.24. The number of nitriles is 1. The maximum atomic E-state index is 12.9. The van der Waals surface area contributed by atoms with E-state index in [0.717, 1.165) is 25.7 Å². The molecule has 1 aliphatic rings. The molecule has 1 N–H and O–H groups in total. The van der Waals surface area contributed by atoms with E-state index in [1.165, 1.54) is 17.7 Å². The monoisotopic (exact) mass is 336 g/mol. The number of nitrogens with one attached hydrogen (secondary N) is 1. The van der Waals surface area contributed by atoms with E-state index in [0.29, 0.717) is 29.5 Å². The van der Waals surface area contributed by atoms with Crippen LogP contribution in [-0.2, 0) is 4.79 Å². The summed E-state index contributed by atoms with van der Waals surface area (Å²) in [5.41, 5.74) is 2.57. The van der Waals surface area contributed by atoms with Crippen molar-refractivity contribution < 1.29 is 9.18 Å². The second-order valence-corrected chi connectivity index (χ2v) is 6.71. The Morgan fingerprint density at radius 2 is 1.84 bits per heavy atom. The molecule has 1 saturated carbocycles. The highest BCUT2D eigenvalue weighted by Crippen LogP contribution is 2.37. The molecular formula is C21H21FN2O. The van der Waals surface area contributed by atoms with Crippen LogP contribution in [0.4, 0.5) is 10.1 Å². The van der Waals surface area contributed by atoms with Gasteiger partial charge in [-0.25, -0.2) is 4.39 Å². The molecule has 1 amide bonds. The Morgan fingerprint density at radius 1 is 1.12 bits per heavy atom. The minimum atomic E-state index is -0.309. The number of anilines is 1. The van der Waals surface area contributed by atoms with Gasteiger partial charge >= 0.3 is 0 Å². The van der Waals surface area contributed by atoms with Gasteiger partial charge in [0.25, 0.3) is 0 Å². The highest BCUT2D eigenvalue weighted by atomic mass is 19.1. The first-order valence-corrected chi connectivity index (χ1v) is 8.69. The number of benzene rings is 2. The molecule has 0 saturated heterocycles. The minimum absolute atomic E-state index is 0.0125. The van der Waals surface area contributed by atoms with E-state index in [2.05, 4.69) is 17.5 Å². The van der Waals surface area contributed by atoms with Crippen LogP contribution < -0.4 is 5.32 Å². The number of halogens is 1. The van der Waals surface area contributed by atoms with Crippen LogP contribution in [0.1, 0.15) is 49.1 Å². The fourth-order valence-electron chi connectivity index (χ4n) is 3.57. The van der Waals surface area contributed by atoms with Crippen LogP contribution in [-0.4, -0.2) is 5.91 Å². The van der Waals surface area contributed by atoms with Gasteiger partial charge in [0, 0.05) is 12.1 Å². The van der Waals surface area contributed by atoms with Crippen molar-refractivity contribution in [2.45, 2.75) is 38.0 Å². The van der Waals surface area contributed by atoms with Gasteiger partial charge in [-0.15, -0.1) is 0 Å². The van der Waals surface area contributed by atoms with E-state index >= 15 is 0 Å². The summed E-state index contributed by atoms with van der Waals surface area (Å²) in [6.45, 7) is 0. The highest BCUT2D eigenvalue weighted by molar-refractivity contribution is 5.90. The van der Waals surface area contributed by atoms with Crippen molar-refractivity contribution >= 4 is 11.6 Å². The number of carbonyl (C=O) groups excluding carboxylic acids is 1. The van der Waals surface area contributed by atoms with Gasteiger partial charge in [0.15, 0.2) is 0 Å². The molecule has 0 heterocycles. The second kappa shape index (κ2) is 7.94. The summed E-state index contributed by atoms with van der Waals surface area (Å²) >= 11 is 0. The summed E-state index contributed by atoms with van der Waals surface area (Å²) in [5.74, 6) is 0.541. The molecule has 0 spiro atoms. The lowest BCUT2D eigenvalue weighted by Crippen LogP contribution is -2.20. The summed E-state index contributed by atoms with van der Waals surface area (Å²) in [6.07, 6.45) is 4.62. The lowest BCUT2D eigenvalue weighted by atomic mass is 9.77. The van der Waals surface area contributed by atoms with E-state index in [1.54, 1.807) is 12.1 Å². The van der Waals surface area contributed by atoms with Crippen molar-refractivity contribution in [3.05, 3.63) is 65.5 Å². The number of carbonyl (C=O) groups is 1. The van der Waals surface area contributed by atoms with Crippen LogP contribution in [0, 0.1) is 23.1 Å². The maximum Gasteiger partial charge on any atom is 0.224 e. The van der Waals surface area contributed by atoms with E-state index in [-0.39, 0.29) is 11.7 Å². The molecule has 3 nitrogen and oxygen atoms in total. The van der Waals surface area contributed by atoms with Crippen molar-refractivity contribution in [1.29, 1.82) is 5.26 Å². The number of nitrogens with zero attached hydrogens (tertiary/aromatic N) is 1. The van der Waals surface area contributed by atoms with Gasteiger partial charge in [0.2, 0.25) is 5.91 Å². The predicted octanol–water partition coefficient (Wildman–Crippen LogP) is 5.00. The Morgan fingerprint density at radius 3 is 2.52 bits per heavy atom. The van der Waals surface area contributed by atoms with Gasteiger partial charge < -0.3 is 5.32 Å². The fourth-order valence-corrected chi connectivity index (χ4v) is 3.57. The summed E-state index contributed by atoms with van der Waals surface area (Å²) in [6, 6.07) is 15.9. The van der Waals surface area contributed by atoms with Crippen molar-refractivity contribution in [2.24, 2.45) is 5.92 Å². The zero-order valence-electron chi connectivity index (χ0n) is 14.0. The Kier molecular flexibility index (Phi) is 5.45. The van der Waals surface area contributed by atoms with Gasteiger partial charge in [-0.3, -0.25) is 4.79 Å². The zero-order chi connectivity index (χ0) is 17.6. The summed E-state index contributed by atoms with van der Waals surface area (Å²) in [4.78, 5) is 12.2. The smallest absolute Gasteiger partial charge is 0.224 e. The lowest BCUT2D eigenvalue weighted by Gasteiger charge is -2.28. The molecule has 4 heteroatoms. The van der Waals surface area contributed by atoms with E-state index in [1.807, 2.05) is 18.2 Å². The topological polar surface area (TPSA) is 52.9 Å². The van der Waals surface area contributed by atoms with E-state index in [9.17, 15) is 9.18 Å². The first kappa shape index (κ1) is 17.2. The van der Waals surface area contributed by atoms with Gasteiger partial charge in [-0.1, -0.05) is 12.1 Å². The minimum Gasteiger partial charge on any atom is -0.326 e. The summed E-state index contributed by atoms with van der Waals surface area (Å²) in [5, 5.41) is 11.9. The summed E-state index contributed by atoms with van der Waals surface area (Å²) in [7, 11) is 0. The number of hydrogen-bond donors (Lipinski definition) is 1. The van der Waals surface area contributed by atoms with Gasteiger partial charge in [0.1, 0.15) is 5.82 Å². The Bertz CT molecular complexity index is 771. The molecule has 1 fully saturated rings. The summed E-state index contributed by atoms with van der Waals surface area (Å²) < 4.78 is 12.9. The molecule has 0 atom stereocenters. The molecule has 128 valence electrons. The third-order valence-corrected chi connectivity index (χ3v) is 4.94. The van der Waals surface area contributed by atoms with Crippen molar-refractivity contribution in [2.75, 3.05) is 5.32 Å². The van der Waals surface area contributed by atoms with Crippen LogP contribution in [0.2, 0.25) is 0 Å². The van der Waals surface area contributed by atoms with Crippen molar-refractivity contribution in [1.82, 2.24) is 0 Å². The molecule has 2 aromatic rings. The maximum absolute atomic E-state index is 12.9. The molecule has 25 heavy (non-hydrogen) atoms. The van der Waals surface area contributed by atoms with Gasteiger partial charge in [0.05, 0.1) is 11.6 Å². The lowest BCUT2D eigenvalue weighted by molar-refractivity contribution is -0.117. The normalized spacial score (nSPS) is 19.8. The average Bonchev–Trinajstić information content (AvgIpc) is 2.64. The van der Waals surface area contributed by atoms with E-state index < -0.39 is 0 Å². The van der Waals surface area contributed by atoms with Gasteiger partial charge in [-0.2, -0.15) is 5.26 Å². The standard InChI is InChI=1S/C21H21FN2O/c22-19-8-10-20(11-9-19)24-21(25)13-15-4-6-17(7-5-15)18-3-1-2-16(12-18)14-23/h1-3,8-12,15,17H,4-7,13H2,(H,24,25)/t15-,17-. The third kappa shape index (κ3) is 4.67. The Hall–Kier alpha value is -2.67. The number of rotatable bonds is 4. The molecule has 0 unspecified atom stereocenters. The molecule has 1 aliphatic carbocycles. The Labute approximate surface area is 147 Å². The number of hydrogen-bond acceptors (Lipinski definition) is 2. The quantitative estimate of drug-likeness (QED) is 0.854. The number of amides is 1. The van der Waals surface area contributed by atoms with Crippen molar-refractivity contribution in [3.63, 3.8) is 0 Å². The largest absolute Gasteiger partial charge is 0.326 e. The van der Waals surface area contributed by atoms with Crippen LogP contribution in [0.5, 0.6) is 0 Å². The molecule has 2 aromatic carbocycles. The van der Waals surface area contributed by atoms with Crippen LogP contribution in [0.25, 0.3) is 0 Å². The molecular weight excluding hydrogens is 315 g/mol.